The number of amides is 2. The third kappa shape index (κ3) is 4.49. The summed E-state index contributed by atoms with van der Waals surface area (Å²) in [4.78, 5) is 36.6. The van der Waals surface area contributed by atoms with E-state index < -0.39 is 0 Å². The lowest BCUT2D eigenvalue weighted by Gasteiger charge is -2.34. The Morgan fingerprint density at radius 1 is 1.15 bits per heavy atom. The molecule has 1 aliphatic heterocycles. The van der Waals surface area contributed by atoms with E-state index in [9.17, 15) is 9.59 Å². The zero-order valence-corrected chi connectivity index (χ0v) is 15.2. The summed E-state index contributed by atoms with van der Waals surface area (Å²) in [5, 5.41) is 3.29. The lowest BCUT2D eigenvalue weighted by Crippen LogP contribution is -2.49. The Morgan fingerprint density at radius 2 is 1.85 bits per heavy atom. The van der Waals surface area contributed by atoms with E-state index in [0.29, 0.717) is 42.8 Å². The molecule has 1 aromatic carbocycles. The molecule has 0 saturated carbocycles. The SMILES string of the molecule is Cc1ccc(NC(=O)CC(=O)N2CCN(c3ncccn3)CC2)cc1Cl. The number of anilines is 2. The predicted octanol–water partition coefficient (Wildman–Crippen LogP) is 2.12. The Balaban J connectivity index is 1.49. The zero-order chi connectivity index (χ0) is 18.5. The normalized spacial score (nSPS) is 14.2. The van der Waals surface area contributed by atoms with E-state index in [2.05, 4.69) is 15.3 Å². The second-order valence-corrected chi connectivity index (χ2v) is 6.51. The van der Waals surface area contributed by atoms with Crippen molar-refractivity contribution < 1.29 is 9.59 Å². The molecule has 136 valence electrons. The number of hydrogen-bond acceptors (Lipinski definition) is 5. The smallest absolute Gasteiger partial charge is 0.233 e. The molecule has 0 spiro atoms. The quantitative estimate of drug-likeness (QED) is 0.830. The second kappa shape index (κ2) is 8.14. The van der Waals surface area contributed by atoms with Crippen molar-refractivity contribution in [2.24, 2.45) is 0 Å². The van der Waals surface area contributed by atoms with Gasteiger partial charge in [-0.25, -0.2) is 9.97 Å². The van der Waals surface area contributed by atoms with E-state index in [0.717, 1.165) is 5.56 Å². The first-order chi connectivity index (χ1) is 12.5. The Morgan fingerprint density at radius 3 is 2.50 bits per heavy atom. The maximum Gasteiger partial charge on any atom is 0.233 e. The summed E-state index contributed by atoms with van der Waals surface area (Å²) in [6.45, 7) is 4.26. The third-order valence-electron chi connectivity index (χ3n) is 4.23. The van der Waals surface area contributed by atoms with Gasteiger partial charge in [0, 0.05) is 49.3 Å². The minimum atomic E-state index is -0.344. The van der Waals surface area contributed by atoms with Crippen molar-refractivity contribution in [2.45, 2.75) is 13.3 Å². The van der Waals surface area contributed by atoms with Crippen LogP contribution < -0.4 is 10.2 Å². The van der Waals surface area contributed by atoms with Crippen molar-refractivity contribution in [2.75, 3.05) is 36.4 Å². The third-order valence-corrected chi connectivity index (χ3v) is 4.64. The van der Waals surface area contributed by atoms with Gasteiger partial charge in [0.1, 0.15) is 6.42 Å². The first kappa shape index (κ1) is 18.1. The molecule has 0 radical (unpaired) electrons. The monoisotopic (exact) mass is 373 g/mol. The van der Waals surface area contributed by atoms with Crippen LogP contribution in [0, 0.1) is 6.92 Å². The average molecular weight is 374 g/mol. The summed E-state index contributed by atoms with van der Waals surface area (Å²) in [6, 6.07) is 7.04. The average Bonchev–Trinajstić information content (AvgIpc) is 2.65. The maximum absolute atomic E-state index is 12.4. The molecule has 1 saturated heterocycles. The van der Waals surface area contributed by atoms with Gasteiger partial charge in [-0.05, 0) is 30.7 Å². The standard InChI is InChI=1S/C18H20ClN5O2/c1-13-3-4-14(11-15(13)19)22-16(25)12-17(26)23-7-9-24(10-8-23)18-20-5-2-6-21-18/h2-6,11H,7-10,12H2,1H3,(H,22,25). The Hall–Kier alpha value is -2.67. The fourth-order valence-electron chi connectivity index (χ4n) is 2.74. The molecule has 0 aliphatic carbocycles. The first-order valence-electron chi connectivity index (χ1n) is 8.38. The second-order valence-electron chi connectivity index (χ2n) is 6.11. The van der Waals surface area contributed by atoms with E-state index >= 15 is 0 Å². The number of carbonyl (C=O) groups is 2. The van der Waals surface area contributed by atoms with Gasteiger partial charge in [-0.15, -0.1) is 0 Å². The molecule has 0 bridgehead atoms. The number of halogens is 1. The van der Waals surface area contributed by atoms with Crippen LogP contribution in [0.2, 0.25) is 5.02 Å². The van der Waals surface area contributed by atoms with E-state index in [1.165, 1.54) is 0 Å². The molecule has 1 N–H and O–H groups in total. The van der Waals surface area contributed by atoms with Gasteiger partial charge >= 0.3 is 0 Å². The number of hydrogen-bond donors (Lipinski definition) is 1. The van der Waals surface area contributed by atoms with Crippen LogP contribution in [0.1, 0.15) is 12.0 Å². The molecule has 0 atom stereocenters. The van der Waals surface area contributed by atoms with Crippen LogP contribution in [0.5, 0.6) is 0 Å². The van der Waals surface area contributed by atoms with Crippen molar-refractivity contribution in [3.05, 3.63) is 47.2 Å². The summed E-state index contributed by atoms with van der Waals surface area (Å²) in [7, 11) is 0. The van der Waals surface area contributed by atoms with Crippen molar-refractivity contribution in [3.63, 3.8) is 0 Å². The number of nitrogens with zero attached hydrogens (tertiary/aromatic N) is 4. The van der Waals surface area contributed by atoms with E-state index in [4.69, 9.17) is 11.6 Å². The maximum atomic E-state index is 12.4. The van der Waals surface area contributed by atoms with Crippen LogP contribution in [0.15, 0.2) is 36.7 Å². The van der Waals surface area contributed by atoms with Crippen molar-refractivity contribution in [1.82, 2.24) is 14.9 Å². The molecule has 1 aliphatic rings. The van der Waals surface area contributed by atoms with Crippen molar-refractivity contribution in [3.8, 4) is 0 Å². The minimum absolute atomic E-state index is 0.186. The summed E-state index contributed by atoms with van der Waals surface area (Å²) in [6.07, 6.45) is 3.20. The Bertz CT molecular complexity index is 791. The van der Waals surface area contributed by atoms with Crippen LogP contribution in [-0.2, 0) is 9.59 Å². The van der Waals surface area contributed by atoms with Crippen molar-refractivity contribution >= 4 is 35.1 Å². The number of benzene rings is 1. The molecule has 2 amide bonds. The highest BCUT2D eigenvalue weighted by molar-refractivity contribution is 6.31. The van der Waals surface area contributed by atoms with Gasteiger partial charge < -0.3 is 15.1 Å². The van der Waals surface area contributed by atoms with Crippen LogP contribution >= 0.6 is 11.6 Å². The number of nitrogens with one attached hydrogen (secondary N) is 1. The molecule has 2 aromatic rings. The van der Waals surface area contributed by atoms with Crippen LogP contribution in [0.3, 0.4) is 0 Å². The molecule has 0 unspecified atom stereocenters. The van der Waals surface area contributed by atoms with E-state index in [1.54, 1.807) is 35.5 Å². The highest BCUT2D eigenvalue weighted by Gasteiger charge is 2.23. The topological polar surface area (TPSA) is 78.4 Å². The summed E-state index contributed by atoms with van der Waals surface area (Å²) < 4.78 is 0. The van der Waals surface area contributed by atoms with Gasteiger partial charge in [-0.2, -0.15) is 0 Å². The minimum Gasteiger partial charge on any atom is -0.339 e. The molecular weight excluding hydrogens is 354 g/mol. The molecule has 1 fully saturated rings. The van der Waals surface area contributed by atoms with Gasteiger partial charge in [0.2, 0.25) is 17.8 Å². The molecule has 7 nitrogen and oxygen atoms in total. The zero-order valence-electron chi connectivity index (χ0n) is 14.5. The molecule has 2 heterocycles. The molecule has 1 aromatic heterocycles. The molecular formula is C18H20ClN5O2. The van der Waals surface area contributed by atoms with Gasteiger partial charge in [-0.1, -0.05) is 17.7 Å². The first-order valence-corrected chi connectivity index (χ1v) is 8.76. The van der Waals surface area contributed by atoms with Crippen LogP contribution in [0.4, 0.5) is 11.6 Å². The summed E-state index contributed by atoms with van der Waals surface area (Å²) >= 11 is 6.05. The predicted molar refractivity (Wildman–Crippen MR) is 100 cm³/mol. The highest BCUT2D eigenvalue weighted by Crippen LogP contribution is 2.20. The largest absolute Gasteiger partial charge is 0.339 e. The van der Waals surface area contributed by atoms with Gasteiger partial charge in [0.05, 0.1) is 0 Å². The van der Waals surface area contributed by atoms with Crippen LogP contribution in [-0.4, -0.2) is 52.9 Å². The number of aryl methyl sites for hydroxylation is 1. The van der Waals surface area contributed by atoms with Gasteiger partial charge in [0.15, 0.2) is 0 Å². The van der Waals surface area contributed by atoms with Crippen LogP contribution in [0.25, 0.3) is 0 Å². The fraction of sp³-hybridized carbons (Fsp3) is 0.333. The molecule has 3 rings (SSSR count). The molecule has 26 heavy (non-hydrogen) atoms. The van der Waals surface area contributed by atoms with E-state index in [1.807, 2.05) is 17.9 Å². The van der Waals surface area contributed by atoms with E-state index in [-0.39, 0.29) is 18.2 Å². The van der Waals surface area contributed by atoms with Crippen molar-refractivity contribution in [1.29, 1.82) is 0 Å². The van der Waals surface area contributed by atoms with Gasteiger partial charge in [0.25, 0.3) is 0 Å². The number of piperazine rings is 1. The molecule has 8 heteroatoms. The highest BCUT2D eigenvalue weighted by atomic mass is 35.5. The summed E-state index contributed by atoms with van der Waals surface area (Å²) in [5.41, 5.74) is 1.52. The lowest BCUT2D eigenvalue weighted by atomic mass is 10.2. The Labute approximate surface area is 157 Å². The lowest BCUT2D eigenvalue weighted by molar-refractivity contribution is -0.134. The number of aromatic nitrogens is 2. The summed E-state index contributed by atoms with van der Waals surface area (Å²) in [5.74, 6) is 0.131. The number of rotatable bonds is 4. The number of carbonyl (C=O) groups excluding carboxylic acids is 2. The van der Waals surface area contributed by atoms with Gasteiger partial charge in [-0.3, -0.25) is 9.59 Å². The Kier molecular flexibility index (Phi) is 5.68. The fourth-order valence-corrected chi connectivity index (χ4v) is 2.92.